The van der Waals surface area contributed by atoms with E-state index in [1.807, 2.05) is 0 Å². The standard InChI is InChI=1S/C10H16N4O4/c1-13(11-17)9(15)7-3-5-8(6-4-7)10(16)14(2)12-18/h7-8H,3-6H2,1-2H3/t7-,8-. The molecule has 0 radical (unpaired) electrons. The molecule has 2 amide bonds. The van der Waals surface area contributed by atoms with E-state index in [1.54, 1.807) is 0 Å². The summed E-state index contributed by atoms with van der Waals surface area (Å²) in [7, 11) is 2.63. The average Bonchev–Trinajstić information content (AvgIpc) is 2.44. The predicted octanol–water partition coefficient (Wildman–Crippen LogP) is 1.07. The van der Waals surface area contributed by atoms with Crippen molar-refractivity contribution in [2.45, 2.75) is 25.7 Å². The number of amides is 2. The summed E-state index contributed by atoms with van der Waals surface area (Å²) in [5.74, 6) is -1.19. The van der Waals surface area contributed by atoms with Gasteiger partial charge in [0, 0.05) is 25.9 Å². The summed E-state index contributed by atoms with van der Waals surface area (Å²) in [6.45, 7) is 0. The van der Waals surface area contributed by atoms with E-state index in [1.165, 1.54) is 14.1 Å². The van der Waals surface area contributed by atoms with Crippen LogP contribution in [0.2, 0.25) is 0 Å². The molecular weight excluding hydrogens is 240 g/mol. The second-order valence-electron chi connectivity index (χ2n) is 4.44. The second kappa shape index (κ2) is 6.18. The fourth-order valence-corrected chi connectivity index (χ4v) is 2.20. The number of rotatable bonds is 4. The Hall–Kier alpha value is -1.86. The monoisotopic (exact) mass is 256 g/mol. The molecule has 0 aromatic rings. The molecule has 0 aliphatic heterocycles. The normalized spacial score (nSPS) is 23.0. The highest BCUT2D eigenvalue weighted by atomic mass is 16.3. The van der Waals surface area contributed by atoms with Crippen LogP contribution in [0.15, 0.2) is 10.6 Å². The maximum Gasteiger partial charge on any atom is 0.248 e. The van der Waals surface area contributed by atoms with Crippen molar-refractivity contribution in [2.75, 3.05) is 14.1 Å². The molecule has 0 spiro atoms. The number of carbonyl (C=O) groups is 2. The van der Waals surface area contributed by atoms with Gasteiger partial charge in [-0.3, -0.25) is 9.59 Å². The lowest BCUT2D eigenvalue weighted by molar-refractivity contribution is -0.140. The van der Waals surface area contributed by atoms with Gasteiger partial charge in [0.25, 0.3) is 0 Å². The Morgan fingerprint density at radius 2 is 1.11 bits per heavy atom. The maximum atomic E-state index is 11.7. The van der Waals surface area contributed by atoms with Gasteiger partial charge in [-0.15, -0.1) is 9.81 Å². The summed E-state index contributed by atoms with van der Waals surface area (Å²) in [5, 5.41) is 6.69. The van der Waals surface area contributed by atoms with E-state index >= 15 is 0 Å². The second-order valence-corrected chi connectivity index (χ2v) is 4.44. The summed E-state index contributed by atoms with van der Waals surface area (Å²) in [4.78, 5) is 43.8. The molecule has 0 N–H and O–H groups in total. The van der Waals surface area contributed by atoms with Crippen molar-refractivity contribution >= 4 is 11.8 Å². The van der Waals surface area contributed by atoms with Crippen LogP contribution in [0.1, 0.15) is 25.7 Å². The first-order valence-electron chi connectivity index (χ1n) is 5.73. The van der Waals surface area contributed by atoms with Gasteiger partial charge in [0.05, 0.1) is 10.6 Å². The van der Waals surface area contributed by atoms with E-state index < -0.39 is 0 Å². The Bertz CT molecular complexity index is 318. The summed E-state index contributed by atoms with van der Waals surface area (Å²) >= 11 is 0. The zero-order valence-corrected chi connectivity index (χ0v) is 10.4. The fourth-order valence-electron chi connectivity index (χ4n) is 2.20. The van der Waals surface area contributed by atoms with Crippen LogP contribution in [0.5, 0.6) is 0 Å². The molecule has 0 aromatic heterocycles. The van der Waals surface area contributed by atoms with Crippen molar-refractivity contribution in [2.24, 2.45) is 22.4 Å². The van der Waals surface area contributed by atoms with Gasteiger partial charge in [0.1, 0.15) is 0 Å². The van der Waals surface area contributed by atoms with E-state index in [2.05, 4.69) is 10.6 Å². The average molecular weight is 256 g/mol. The minimum absolute atomic E-state index is 0.272. The van der Waals surface area contributed by atoms with Crippen molar-refractivity contribution in [1.29, 1.82) is 0 Å². The van der Waals surface area contributed by atoms with E-state index in [-0.39, 0.29) is 23.7 Å². The number of hydrogen-bond acceptors (Lipinski definition) is 6. The Morgan fingerprint density at radius 1 is 0.833 bits per heavy atom. The molecule has 0 heterocycles. The number of nitrogens with zero attached hydrogens (tertiary/aromatic N) is 4. The smallest absolute Gasteiger partial charge is 0.248 e. The van der Waals surface area contributed by atoms with Gasteiger partial charge in [-0.05, 0) is 25.7 Å². The number of nitroso groups, excluding NO2 is 2. The van der Waals surface area contributed by atoms with Crippen LogP contribution < -0.4 is 0 Å². The van der Waals surface area contributed by atoms with Crippen molar-refractivity contribution in [3.8, 4) is 0 Å². The lowest BCUT2D eigenvalue weighted by Crippen LogP contribution is -2.36. The van der Waals surface area contributed by atoms with E-state index in [0.717, 1.165) is 10.0 Å². The van der Waals surface area contributed by atoms with Crippen molar-refractivity contribution in [1.82, 2.24) is 10.0 Å². The van der Waals surface area contributed by atoms with E-state index in [0.29, 0.717) is 25.7 Å². The minimum Gasteiger partial charge on any atom is -0.273 e. The predicted molar refractivity (Wildman–Crippen MR) is 62.6 cm³/mol. The SMILES string of the molecule is CN(N=O)C(=O)[C@H]1CC[C@H](C(=O)N(C)N=O)CC1. The van der Waals surface area contributed by atoms with Crippen molar-refractivity contribution in [3.05, 3.63) is 9.81 Å². The molecule has 1 aliphatic carbocycles. The third-order valence-electron chi connectivity index (χ3n) is 3.31. The van der Waals surface area contributed by atoms with Gasteiger partial charge in [-0.2, -0.15) is 10.0 Å². The minimum atomic E-state index is -0.322. The first kappa shape index (κ1) is 14.2. The molecule has 1 aliphatic rings. The van der Waals surface area contributed by atoms with Gasteiger partial charge in [-0.1, -0.05) is 0 Å². The Labute approximate surface area is 104 Å². The molecule has 0 aromatic carbocycles. The van der Waals surface area contributed by atoms with Crippen LogP contribution >= 0.6 is 0 Å². The molecule has 1 saturated carbocycles. The highest BCUT2D eigenvalue weighted by Gasteiger charge is 2.33. The van der Waals surface area contributed by atoms with Crippen LogP contribution in [-0.2, 0) is 9.59 Å². The highest BCUT2D eigenvalue weighted by Crippen LogP contribution is 2.31. The molecular formula is C10H16N4O4. The Morgan fingerprint density at radius 3 is 1.33 bits per heavy atom. The molecule has 0 bridgehead atoms. The van der Waals surface area contributed by atoms with Crippen LogP contribution in [0.3, 0.4) is 0 Å². The largest absolute Gasteiger partial charge is 0.273 e. The third-order valence-corrected chi connectivity index (χ3v) is 3.31. The molecule has 0 unspecified atom stereocenters. The zero-order valence-electron chi connectivity index (χ0n) is 10.4. The van der Waals surface area contributed by atoms with Crippen molar-refractivity contribution in [3.63, 3.8) is 0 Å². The lowest BCUT2D eigenvalue weighted by atomic mass is 9.81. The van der Waals surface area contributed by atoms with Gasteiger partial charge < -0.3 is 0 Å². The van der Waals surface area contributed by atoms with Gasteiger partial charge in [0.2, 0.25) is 11.8 Å². The molecule has 8 heteroatoms. The Balaban J connectivity index is 2.51. The summed E-state index contributed by atoms with van der Waals surface area (Å²) in [6, 6.07) is 0. The lowest BCUT2D eigenvalue weighted by Gasteiger charge is -2.28. The molecule has 1 fully saturated rings. The van der Waals surface area contributed by atoms with Crippen LogP contribution in [0, 0.1) is 21.6 Å². The van der Waals surface area contributed by atoms with E-state index in [4.69, 9.17) is 0 Å². The maximum absolute atomic E-state index is 11.7. The quantitative estimate of drug-likeness (QED) is 0.554. The molecule has 0 atom stereocenters. The zero-order chi connectivity index (χ0) is 13.7. The molecule has 1 rings (SSSR count). The molecule has 18 heavy (non-hydrogen) atoms. The van der Waals surface area contributed by atoms with E-state index in [9.17, 15) is 19.4 Å². The summed E-state index contributed by atoms with van der Waals surface area (Å²) < 4.78 is 0. The molecule has 8 nitrogen and oxygen atoms in total. The number of hydrogen-bond donors (Lipinski definition) is 0. The molecule has 100 valence electrons. The highest BCUT2D eigenvalue weighted by molar-refractivity contribution is 5.80. The Kier molecular flexibility index (Phi) is 4.87. The van der Waals surface area contributed by atoms with Gasteiger partial charge in [0.15, 0.2) is 0 Å². The topological polar surface area (TPSA) is 99.5 Å². The van der Waals surface area contributed by atoms with Crippen LogP contribution in [-0.4, -0.2) is 35.9 Å². The third kappa shape index (κ3) is 3.08. The van der Waals surface area contributed by atoms with Crippen LogP contribution in [0.4, 0.5) is 0 Å². The molecule has 0 saturated heterocycles. The summed E-state index contributed by atoms with van der Waals surface area (Å²) in [5.41, 5.74) is 0. The first-order chi connectivity index (χ1) is 8.51. The fraction of sp³-hybridized carbons (Fsp3) is 0.800. The van der Waals surface area contributed by atoms with Crippen molar-refractivity contribution < 1.29 is 9.59 Å². The first-order valence-corrected chi connectivity index (χ1v) is 5.73. The van der Waals surface area contributed by atoms with Gasteiger partial charge in [-0.25, -0.2) is 0 Å². The van der Waals surface area contributed by atoms with Gasteiger partial charge >= 0.3 is 0 Å². The van der Waals surface area contributed by atoms with Crippen LogP contribution in [0.25, 0.3) is 0 Å². The summed E-state index contributed by atoms with van der Waals surface area (Å²) in [6.07, 6.45) is 2.06. The number of carbonyl (C=O) groups excluding carboxylic acids is 2.